The van der Waals surface area contributed by atoms with Crippen molar-refractivity contribution in [3.05, 3.63) is 0 Å². The molecule has 0 bridgehead atoms. The van der Waals surface area contributed by atoms with Gasteiger partial charge in [0, 0.05) is 19.1 Å². The molecule has 1 saturated heterocycles. The van der Waals surface area contributed by atoms with E-state index in [0.717, 1.165) is 39.0 Å². The second-order valence-electron chi connectivity index (χ2n) is 6.01. The highest BCUT2D eigenvalue weighted by molar-refractivity contribution is 5.81. The summed E-state index contributed by atoms with van der Waals surface area (Å²) < 4.78 is 0. The lowest BCUT2D eigenvalue weighted by molar-refractivity contribution is -0.130. The number of hydrazine groups is 1. The molecular weight excluding hydrogens is 228 g/mol. The molecular formula is C13H28N4O. The number of carbonyl (C=O) groups excluding carboxylic acids is 1. The third-order valence-electron chi connectivity index (χ3n) is 3.84. The summed E-state index contributed by atoms with van der Waals surface area (Å²) in [5, 5.41) is 0. The van der Waals surface area contributed by atoms with Gasteiger partial charge >= 0.3 is 0 Å². The van der Waals surface area contributed by atoms with Crippen LogP contribution in [-0.2, 0) is 4.79 Å². The third-order valence-corrected chi connectivity index (χ3v) is 3.84. The Kier molecular flexibility index (Phi) is 5.56. The van der Waals surface area contributed by atoms with E-state index in [1.807, 2.05) is 13.8 Å². The normalized spacial score (nSPS) is 23.7. The average molecular weight is 256 g/mol. The van der Waals surface area contributed by atoms with Crippen LogP contribution in [0.4, 0.5) is 0 Å². The molecule has 18 heavy (non-hydrogen) atoms. The lowest BCUT2D eigenvalue weighted by atomic mass is 9.91. The number of amides is 1. The molecule has 1 aliphatic rings. The molecule has 106 valence electrons. The van der Waals surface area contributed by atoms with Gasteiger partial charge in [0.1, 0.15) is 0 Å². The second kappa shape index (κ2) is 6.50. The van der Waals surface area contributed by atoms with Crippen LogP contribution in [0, 0.1) is 5.41 Å². The maximum atomic E-state index is 11.8. The van der Waals surface area contributed by atoms with Gasteiger partial charge in [0.05, 0.1) is 5.41 Å². The zero-order valence-corrected chi connectivity index (χ0v) is 12.2. The minimum Gasteiger partial charge on any atom is -0.305 e. The van der Waals surface area contributed by atoms with E-state index < -0.39 is 5.41 Å². The van der Waals surface area contributed by atoms with E-state index in [9.17, 15) is 4.79 Å². The largest absolute Gasteiger partial charge is 0.305 e. The van der Waals surface area contributed by atoms with Crippen molar-refractivity contribution in [2.75, 3.05) is 33.2 Å². The minimum absolute atomic E-state index is 0.0880. The van der Waals surface area contributed by atoms with Gasteiger partial charge in [0.2, 0.25) is 5.91 Å². The number of nitrogens with two attached hydrogens (primary N) is 1. The Morgan fingerprint density at radius 2 is 2.11 bits per heavy atom. The first-order valence-corrected chi connectivity index (χ1v) is 6.84. The maximum absolute atomic E-state index is 11.8. The molecule has 0 radical (unpaired) electrons. The molecule has 0 spiro atoms. The van der Waals surface area contributed by atoms with Crippen LogP contribution in [0.5, 0.6) is 0 Å². The molecule has 0 aliphatic carbocycles. The summed E-state index contributed by atoms with van der Waals surface area (Å²) in [6.07, 6.45) is 2.28. The van der Waals surface area contributed by atoms with Crippen molar-refractivity contribution in [3.63, 3.8) is 0 Å². The molecule has 5 nitrogen and oxygen atoms in total. The van der Waals surface area contributed by atoms with Crippen LogP contribution in [0.1, 0.15) is 33.6 Å². The Morgan fingerprint density at radius 1 is 1.44 bits per heavy atom. The molecule has 0 saturated carbocycles. The predicted octanol–water partition coefficient (Wildman–Crippen LogP) is 0.419. The fourth-order valence-corrected chi connectivity index (χ4v) is 2.66. The number of rotatable bonds is 4. The first kappa shape index (κ1) is 15.4. The summed E-state index contributed by atoms with van der Waals surface area (Å²) in [5.74, 6) is 5.17. The van der Waals surface area contributed by atoms with Crippen LogP contribution in [0.25, 0.3) is 0 Å². The number of nitrogens with zero attached hydrogens (tertiary/aromatic N) is 2. The zero-order chi connectivity index (χ0) is 13.8. The van der Waals surface area contributed by atoms with E-state index in [2.05, 4.69) is 29.2 Å². The van der Waals surface area contributed by atoms with Gasteiger partial charge in [-0.2, -0.15) is 0 Å². The number of likely N-dealkylation sites (N-methyl/N-ethyl adjacent to an activating group) is 1. The van der Waals surface area contributed by atoms with Crippen molar-refractivity contribution in [3.8, 4) is 0 Å². The van der Waals surface area contributed by atoms with Gasteiger partial charge in [-0.3, -0.25) is 15.1 Å². The van der Waals surface area contributed by atoms with Gasteiger partial charge in [0.25, 0.3) is 0 Å². The molecule has 1 fully saturated rings. The topological polar surface area (TPSA) is 61.6 Å². The predicted molar refractivity (Wildman–Crippen MR) is 73.9 cm³/mol. The lowest BCUT2D eigenvalue weighted by Gasteiger charge is -2.35. The van der Waals surface area contributed by atoms with Crippen LogP contribution in [0.3, 0.4) is 0 Å². The molecule has 1 heterocycles. The Balaban J connectivity index is 2.70. The van der Waals surface area contributed by atoms with E-state index in [0.29, 0.717) is 6.04 Å². The summed E-state index contributed by atoms with van der Waals surface area (Å²) in [4.78, 5) is 16.6. The molecule has 0 aromatic carbocycles. The molecule has 1 atom stereocenters. The summed E-state index contributed by atoms with van der Waals surface area (Å²) in [7, 11) is 2.17. The SMILES string of the molecule is CCC1CN(C)CCCN1CC(C)(C)C(=O)NN. The monoisotopic (exact) mass is 256 g/mol. The first-order chi connectivity index (χ1) is 8.40. The summed E-state index contributed by atoms with van der Waals surface area (Å²) in [5.41, 5.74) is 1.84. The van der Waals surface area contributed by atoms with Crippen molar-refractivity contribution < 1.29 is 4.79 Å². The average Bonchev–Trinajstić information content (AvgIpc) is 2.49. The van der Waals surface area contributed by atoms with Crippen molar-refractivity contribution in [2.24, 2.45) is 11.3 Å². The maximum Gasteiger partial charge on any atom is 0.240 e. The standard InChI is InChI=1S/C13H28N4O/c1-5-11-9-16(4)7-6-8-17(11)10-13(2,3)12(18)15-14/h11H,5-10,14H2,1-4H3,(H,15,18). The summed E-state index contributed by atoms with van der Waals surface area (Å²) >= 11 is 0. The highest BCUT2D eigenvalue weighted by atomic mass is 16.2. The number of hydrogen-bond acceptors (Lipinski definition) is 4. The lowest BCUT2D eigenvalue weighted by Crippen LogP contribution is -2.50. The number of hydrogen-bond donors (Lipinski definition) is 2. The quantitative estimate of drug-likeness (QED) is 0.435. The van der Waals surface area contributed by atoms with E-state index in [-0.39, 0.29) is 5.91 Å². The fourth-order valence-electron chi connectivity index (χ4n) is 2.66. The molecule has 1 unspecified atom stereocenters. The van der Waals surface area contributed by atoms with Gasteiger partial charge in [-0.05, 0) is 46.8 Å². The van der Waals surface area contributed by atoms with E-state index in [1.54, 1.807) is 0 Å². The fraction of sp³-hybridized carbons (Fsp3) is 0.923. The molecule has 3 N–H and O–H groups in total. The molecule has 1 aliphatic heterocycles. The van der Waals surface area contributed by atoms with Gasteiger partial charge in [-0.15, -0.1) is 0 Å². The van der Waals surface area contributed by atoms with Crippen molar-refractivity contribution in [1.82, 2.24) is 15.2 Å². The minimum atomic E-state index is -0.439. The van der Waals surface area contributed by atoms with Crippen molar-refractivity contribution in [1.29, 1.82) is 0 Å². The summed E-state index contributed by atoms with van der Waals surface area (Å²) in [6, 6.07) is 0.530. The Bertz CT molecular complexity index is 280. The molecule has 5 heteroatoms. The van der Waals surface area contributed by atoms with Crippen molar-refractivity contribution >= 4 is 5.91 Å². The van der Waals surface area contributed by atoms with Crippen LogP contribution in [-0.4, -0.2) is 55.0 Å². The van der Waals surface area contributed by atoms with Gasteiger partial charge in [-0.1, -0.05) is 6.92 Å². The summed E-state index contributed by atoms with van der Waals surface area (Å²) in [6.45, 7) is 10.2. The third kappa shape index (κ3) is 3.93. The molecule has 0 aromatic heterocycles. The molecule has 1 amide bonds. The smallest absolute Gasteiger partial charge is 0.240 e. The highest BCUT2D eigenvalue weighted by Gasteiger charge is 2.32. The number of carbonyl (C=O) groups is 1. The Morgan fingerprint density at radius 3 is 2.67 bits per heavy atom. The van der Waals surface area contributed by atoms with E-state index in [4.69, 9.17) is 5.84 Å². The zero-order valence-electron chi connectivity index (χ0n) is 12.2. The van der Waals surface area contributed by atoms with Crippen LogP contribution in [0.2, 0.25) is 0 Å². The Hall–Kier alpha value is -0.650. The molecule has 0 aromatic rings. The first-order valence-electron chi connectivity index (χ1n) is 6.84. The van der Waals surface area contributed by atoms with E-state index in [1.165, 1.54) is 0 Å². The van der Waals surface area contributed by atoms with Gasteiger partial charge in [-0.25, -0.2) is 5.84 Å². The Labute approximate surface area is 111 Å². The van der Waals surface area contributed by atoms with Gasteiger partial charge < -0.3 is 4.90 Å². The van der Waals surface area contributed by atoms with Gasteiger partial charge in [0.15, 0.2) is 0 Å². The van der Waals surface area contributed by atoms with Crippen LogP contribution in [0.15, 0.2) is 0 Å². The van der Waals surface area contributed by atoms with Crippen molar-refractivity contribution in [2.45, 2.75) is 39.7 Å². The van der Waals surface area contributed by atoms with Crippen LogP contribution >= 0.6 is 0 Å². The van der Waals surface area contributed by atoms with E-state index >= 15 is 0 Å². The second-order valence-corrected chi connectivity index (χ2v) is 6.01. The number of nitrogens with one attached hydrogen (secondary N) is 1. The highest BCUT2D eigenvalue weighted by Crippen LogP contribution is 2.21. The van der Waals surface area contributed by atoms with Crippen LogP contribution < -0.4 is 11.3 Å². The molecule has 1 rings (SSSR count).